The molecule has 0 bridgehead atoms. The molecular weight excluding hydrogens is 224 g/mol. The van der Waals surface area contributed by atoms with Crippen LogP contribution in [0, 0.1) is 0 Å². The lowest BCUT2D eigenvalue weighted by atomic mass is 10.00. The highest BCUT2D eigenvalue weighted by Gasteiger charge is 2.16. The van der Waals surface area contributed by atoms with Crippen LogP contribution in [0.25, 0.3) is 10.8 Å². The summed E-state index contributed by atoms with van der Waals surface area (Å²) in [6, 6.07) is 12.8. The lowest BCUT2D eigenvalue weighted by Crippen LogP contribution is -2.15. The lowest BCUT2D eigenvalue weighted by molar-refractivity contribution is -0.112. The van der Waals surface area contributed by atoms with Crippen molar-refractivity contribution in [3.8, 4) is 0 Å². The summed E-state index contributed by atoms with van der Waals surface area (Å²) in [7, 11) is 0. The summed E-state index contributed by atoms with van der Waals surface area (Å²) in [5.41, 5.74) is 0.420. The quantitative estimate of drug-likeness (QED) is 0.463. The van der Waals surface area contributed by atoms with Crippen molar-refractivity contribution in [3.05, 3.63) is 48.0 Å². The Balaban J connectivity index is 2.61. The molecule has 3 heteroatoms. The van der Waals surface area contributed by atoms with Gasteiger partial charge in [-0.25, -0.2) is 0 Å². The van der Waals surface area contributed by atoms with Gasteiger partial charge in [0, 0.05) is 5.56 Å². The van der Waals surface area contributed by atoms with Gasteiger partial charge in [0.05, 0.1) is 5.88 Å². The van der Waals surface area contributed by atoms with Crippen LogP contribution in [0.5, 0.6) is 0 Å². The molecule has 2 aromatic carbocycles. The van der Waals surface area contributed by atoms with Crippen molar-refractivity contribution in [2.75, 3.05) is 5.88 Å². The summed E-state index contributed by atoms with van der Waals surface area (Å²) in [4.78, 5) is 23.0. The van der Waals surface area contributed by atoms with Crippen LogP contribution in [0.2, 0.25) is 0 Å². The molecule has 0 saturated carbocycles. The Bertz CT molecular complexity index is 555. The number of fused-ring (bicyclic) bond motifs is 1. The summed E-state index contributed by atoms with van der Waals surface area (Å²) in [6.45, 7) is 0. The Hall–Kier alpha value is -1.67. The number of hydrogen-bond acceptors (Lipinski definition) is 2. The van der Waals surface area contributed by atoms with Crippen molar-refractivity contribution in [2.45, 2.75) is 0 Å². The molecule has 2 aromatic rings. The molecule has 0 spiro atoms. The molecule has 0 aromatic heterocycles. The molecule has 0 N–H and O–H groups in total. The Morgan fingerprint density at radius 2 is 1.69 bits per heavy atom. The number of rotatable bonds is 3. The van der Waals surface area contributed by atoms with Crippen molar-refractivity contribution >= 4 is 33.9 Å². The van der Waals surface area contributed by atoms with Gasteiger partial charge in [0.25, 0.3) is 0 Å². The Morgan fingerprint density at radius 3 is 2.44 bits per heavy atom. The average Bonchev–Trinajstić information content (AvgIpc) is 2.36. The van der Waals surface area contributed by atoms with Gasteiger partial charge in [0.2, 0.25) is 11.6 Å². The molecule has 2 rings (SSSR count). The van der Waals surface area contributed by atoms with Crippen molar-refractivity contribution in [3.63, 3.8) is 0 Å². The number of carbonyl (C=O) groups excluding carboxylic acids is 2. The third kappa shape index (κ3) is 1.84. The van der Waals surface area contributed by atoms with Crippen molar-refractivity contribution in [2.24, 2.45) is 0 Å². The minimum absolute atomic E-state index is 0.276. The number of ketones is 2. The maximum absolute atomic E-state index is 11.8. The van der Waals surface area contributed by atoms with E-state index < -0.39 is 11.6 Å². The first-order valence-electron chi connectivity index (χ1n) is 4.85. The van der Waals surface area contributed by atoms with E-state index in [1.807, 2.05) is 30.3 Å². The first-order valence-corrected chi connectivity index (χ1v) is 5.38. The predicted octanol–water partition coefficient (Wildman–Crippen LogP) is 2.83. The van der Waals surface area contributed by atoms with E-state index in [1.54, 1.807) is 12.1 Å². The fraction of sp³-hybridized carbons (Fsp3) is 0.0769. The molecule has 0 radical (unpaired) electrons. The van der Waals surface area contributed by atoms with Gasteiger partial charge in [-0.2, -0.15) is 0 Å². The molecule has 0 amide bonds. The molecule has 80 valence electrons. The lowest BCUT2D eigenvalue weighted by Gasteiger charge is -2.03. The number of carbonyl (C=O) groups is 2. The van der Waals surface area contributed by atoms with Crippen molar-refractivity contribution < 1.29 is 9.59 Å². The summed E-state index contributed by atoms with van der Waals surface area (Å²) in [5, 5.41) is 1.73. The van der Waals surface area contributed by atoms with Gasteiger partial charge in [-0.15, -0.1) is 11.6 Å². The smallest absolute Gasteiger partial charge is 0.230 e. The highest BCUT2D eigenvalue weighted by atomic mass is 35.5. The fourth-order valence-corrected chi connectivity index (χ4v) is 1.76. The Morgan fingerprint density at radius 1 is 1.00 bits per heavy atom. The molecule has 0 atom stereocenters. The standard InChI is InChI=1S/C13H9ClO2/c14-8-12(15)13(16)11-7-3-5-9-4-1-2-6-10(9)11/h1-7H,8H2. The largest absolute Gasteiger partial charge is 0.289 e. The zero-order valence-electron chi connectivity index (χ0n) is 8.44. The maximum Gasteiger partial charge on any atom is 0.230 e. The number of Topliss-reactive ketones (excluding diaryl/α,β-unsaturated/α-hetero) is 2. The van der Waals surface area contributed by atoms with Gasteiger partial charge in [-0.1, -0.05) is 42.5 Å². The van der Waals surface area contributed by atoms with E-state index in [9.17, 15) is 9.59 Å². The van der Waals surface area contributed by atoms with Gasteiger partial charge >= 0.3 is 0 Å². The highest BCUT2D eigenvalue weighted by molar-refractivity contribution is 6.52. The van der Waals surface area contributed by atoms with E-state index in [-0.39, 0.29) is 5.88 Å². The molecule has 0 aliphatic carbocycles. The maximum atomic E-state index is 11.8. The number of halogens is 1. The molecule has 0 fully saturated rings. The first kappa shape index (κ1) is 10.8. The number of hydrogen-bond donors (Lipinski definition) is 0. The van der Waals surface area contributed by atoms with Crippen LogP contribution in [0.1, 0.15) is 10.4 Å². The van der Waals surface area contributed by atoms with Crippen molar-refractivity contribution in [1.82, 2.24) is 0 Å². The minimum atomic E-state index is -0.571. The summed E-state index contributed by atoms with van der Waals surface area (Å²) >= 11 is 5.38. The third-order valence-corrected chi connectivity index (χ3v) is 2.65. The second-order valence-corrected chi connectivity index (χ2v) is 3.68. The zero-order valence-corrected chi connectivity index (χ0v) is 9.20. The van der Waals surface area contributed by atoms with Crippen LogP contribution in [0.3, 0.4) is 0 Å². The van der Waals surface area contributed by atoms with Crippen LogP contribution in [-0.4, -0.2) is 17.4 Å². The van der Waals surface area contributed by atoms with Gasteiger partial charge in [0.15, 0.2) is 0 Å². The topological polar surface area (TPSA) is 34.1 Å². The summed E-state index contributed by atoms with van der Waals surface area (Å²) in [5.74, 6) is -1.37. The van der Waals surface area contributed by atoms with Gasteiger partial charge < -0.3 is 0 Å². The number of benzene rings is 2. The molecular formula is C13H9ClO2. The van der Waals surface area contributed by atoms with Crippen LogP contribution < -0.4 is 0 Å². The van der Waals surface area contributed by atoms with Crippen molar-refractivity contribution in [1.29, 1.82) is 0 Å². The molecule has 0 saturated heterocycles. The molecule has 0 heterocycles. The predicted molar refractivity (Wildman–Crippen MR) is 64.0 cm³/mol. The molecule has 2 nitrogen and oxygen atoms in total. The third-order valence-electron chi connectivity index (χ3n) is 2.41. The average molecular weight is 233 g/mol. The molecule has 0 aliphatic rings. The Kier molecular flexibility index (Phi) is 3.02. The summed E-state index contributed by atoms with van der Waals surface area (Å²) < 4.78 is 0. The van der Waals surface area contributed by atoms with Gasteiger partial charge in [-0.05, 0) is 10.8 Å². The van der Waals surface area contributed by atoms with Gasteiger partial charge in [0.1, 0.15) is 0 Å². The van der Waals surface area contributed by atoms with E-state index in [2.05, 4.69) is 0 Å². The minimum Gasteiger partial charge on any atom is -0.289 e. The summed E-state index contributed by atoms with van der Waals surface area (Å²) in [6.07, 6.45) is 0. The molecule has 0 aliphatic heterocycles. The second-order valence-electron chi connectivity index (χ2n) is 3.41. The van der Waals surface area contributed by atoms with Crippen LogP contribution >= 0.6 is 11.6 Å². The second kappa shape index (κ2) is 4.45. The normalized spacial score (nSPS) is 10.3. The highest BCUT2D eigenvalue weighted by Crippen LogP contribution is 2.19. The monoisotopic (exact) mass is 232 g/mol. The van der Waals surface area contributed by atoms with Gasteiger partial charge in [-0.3, -0.25) is 9.59 Å². The van der Waals surface area contributed by atoms with E-state index in [4.69, 9.17) is 11.6 Å². The molecule has 0 unspecified atom stereocenters. The van der Waals surface area contributed by atoms with Crippen LogP contribution in [0.15, 0.2) is 42.5 Å². The van der Waals surface area contributed by atoms with Crippen LogP contribution in [0.4, 0.5) is 0 Å². The fourth-order valence-electron chi connectivity index (χ4n) is 1.63. The van der Waals surface area contributed by atoms with E-state index in [1.165, 1.54) is 0 Å². The molecule has 16 heavy (non-hydrogen) atoms. The van der Waals surface area contributed by atoms with Crippen LogP contribution in [-0.2, 0) is 4.79 Å². The van der Waals surface area contributed by atoms with E-state index >= 15 is 0 Å². The van der Waals surface area contributed by atoms with E-state index in [0.717, 1.165) is 10.8 Å². The number of alkyl halides is 1. The zero-order chi connectivity index (χ0) is 11.5. The van der Waals surface area contributed by atoms with E-state index in [0.29, 0.717) is 5.56 Å². The first-order chi connectivity index (χ1) is 7.74. The SMILES string of the molecule is O=C(CCl)C(=O)c1cccc2ccccc12. The Labute approximate surface area is 97.8 Å².